The van der Waals surface area contributed by atoms with Gasteiger partial charge < -0.3 is 29.5 Å². The number of aliphatic hydroxyl groups is 1. The van der Waals surface area contributed by atoms with E-state index in [1.807, 2.05) is 39.8 Å². The van der Waals surface area contributed by atoms with Gasteiger partial charge in [-0.3, -0.25) is 14.4 Å². The molecule has 0 radical (unpaired) electrons. The highest BCUT2D eigenvalue weighted by molar-refractivity contribution is 6.01. The Morgan fingerprint density at radius 3 is 2.50 bits per heavy atom. The van der Waals surface area contributed by atoms with Crippen molar-refractivity contribution in [1.29, 1.82) is 0 Å². The third kappa shape index (κ3) is 8.15. The number of hydrogen-bond donors (Lipinski definition) is 2. The fraction of sp³-hybridized carbons (Fsp3) is 0.677. The summed E-state index contributed by atoms with van der Waals surface area (Å²) in [4.78, 5) is 53.2. The van der Waals surface area contributed by atoms with E-state index in [0.29, 0.717) is 30.4 Å². The van der Waals surface area contributed by atoms with E-state index in [9.17, 15) is 24.3 Å². The lowest BCUT2D eigenvalue weighted by atomic mass is 9.87. The van der Waals surface area contributed by atoms with Gasteiger partial charge in [-0.1, -0.05) is 50.6 Å². The summed E-state index contributed by atoms with van der Waals surface area (Å²) in [5.74, 6) is -1.37. The monoisotopic (exact) mass is 588 g/mol. The maximum Gasteiger partial charge on any atom is 0.335 e. The molecule has 0 bridgehead atoms. The van der Waals surface area contributed by atoms with Gasteiger partial charge in [0.1, 0.15) is 17.8 Å². The Morgan fingerprint density at radius 2 is 1.86 bits per heavy atom. The third-order valence-corrected chi connectivity index (χ3v) is 8.28. The van der Waals surface area contributed by atoms with Crippen molar-refractivity contribution in [2.45, 2.75) is 115 Å². The number of nitrogens with one attached hydrogen (secondary N) is 1. The van der Waals surface area contributed by atoms with Crippen LogP contribution < -0.4 is 5.32 Å². The molecule has 1 spiro atoms. The highest BCUT2D eigenvalue weighted by Crippen LogP contribution is 2.43. The minimum Gasteiger partial charge on any atom is -0.387 e. The Hall–Kier alpha value is -2.86. The zero-order valence-corrected chi connectivity index (χ0v) is 25.1. The summed E-state index contributed by atoms with van der Waals surface area (Å²) in [6.45, 7) is 10.5. The number of amides is 3. The largest absolute Gasteiger partial charge is 0.387 e. The Balaban J connectivity index is 1.29. The standard InChI is InChI=1S/C31H44N2O9/c1-18(2)6-11-26(34)32-23-14-20(4)24(40-21(23)5)9-7-19(3)8-10-25-30(38)31(17-39-31)16-22(41-25)15-29(37)42-33-27(35)12-13-28(33)36/h6-8,10-11,18,20-25,30,38H,9,12-17H2,1-5H3,(H,32,34)/b10-8+,11-6-,19-7+/t20-,21+,22+,23+,24-,25+,30+,31+/m0/s1. The van der Waals surface area contributed by atoms with Crippen molar-refractivity contribution < 1.29 is 43.3 Å². The lowest BCUT2D eigenvalue weighted by molar-refractivity contribution is -0.202. The van der Waals surface area contributed by atoms with E-state index >= 15 is 0 Å². The molecule has 0 unspecified atom stereocenters. The topological polar surface area (TPSA) is 144 Å². The number of rotatable bonds is 10. The van der Waals surface area contributed by atoms with E-state index in [4.69, 9.17) is 19.0 Å². The lowest BCUT2D eigenvalue weighted by Crippen LogP contribution is -2.50. The molecule has 4 saturated heterocycles. The fourth-order valence-electron chi connectivity index (χ4n) is 5.63. The normalized spacial score (nSPS) is 35.5. The first-order valence-electron chi connectivity index (χ1n) is 14.9. The summed E-state index contributed by atoms with van der Waals surface area (Å²) >= 11 is 0. The number of aliphatic hydroxyl groups excluding tert-OH is 1. The SMILES string of the molecule is CC(/C=C/[C@H]1O[C@H](CC(=O)ON2C(=O)CCC2=O)C[C@@]2(CO2)[C@@H]1O)=C\C[C@@H]1O[C@H](C)[C@H](NC(=O)/C=C\C(C)C)C[C@@H]1C. The van der Waals surface area contributed by atoms with Crippen LogP contribution in [0.1, 0.15) is 73.1 Å². The number of imide groups is 1. The lowest BCUT2D eigenvalue weighted by Gasteiger charge is -2.39. The maximum atomic E-state index is 12.4. The zero-order chi connectivity index (χ0) is 30.6. The van der Waals surface area contributed by atoms with Crippen molar-refractivity contribution in [1.82, 2.24) is 10.4 Å². The summed E-state index contributed by atoms with van der Waals surface area (Å²) in [5, 5.41) is 14.5. The van der Waals surface area contributed by atoms with Crippen LogP contribution in [0.25, 0.3) is 0 Å². The zero-order valence-electron chi connectivity index (χ0n) is 25.1. The molecule has 4 fully saturated rings. The predicted molar refractivity (Wildman–Crippen MR) is 151 cm³/mol. The van der Waals surface area contributed by atoms with Crippen LogP contribution >= 0.6 is 0 Å². The van der Waals surface area contributed by atoms with Crippen molar-refractivity contribution in [3.8, 4) is 0 Å². The predicted octanol–water partition coefficient (Wildman–Crippen LogP) is 2.67. The molecule has 232 valence electrons. The summed E-state index contributed by atoms with van der Waals surface area (Å²) in [6.07, 6.45) is 8.52. The minimum absolute atomic E-state index is 0.00660. The number of nitrogens with zero attached hydrogens (tertiary/aromatic N) is 1. The molecular weight excluding hydrogens is 544 g/mol. The average molecular weight is 589 g/mol. The highest BCUT2D eigenvalue weighted by Gasteiger charge is 2.58. The van der Waals surface area contributed by atoms with Crippen LogP contribution in [0.5, 0.6) is 0 Å². The van der Waals surface area contributed by atoms with Gasteiger partial charge in [-0.15, -0.1) is 5.06 Å². The number of ether oxygens (including phenoxy) is 3. The van der Waals surface area contributed by atoms with E-state index in [1.165, 1.54) is 0 Å². The summed E-state index contributed by atoms with van der Waals surface area (Å²) in [7, 11) is 0. The average Bonchev–Trinajstić information content (AvgIpc) is 3.63. The molecule has 4 aliphatic rings. The van der Waals surface area contributed by atoms with Crippen molar-refractivity contribution in [3.05, 3.63) is 36.0 Å². The van der Waals surface area contributed by atoms with Gasteiger partial charge in [-0.2, -0.15) is 0 Å². The summed E-state index contributed by atoms with van der Waals surface area (Å²) in [6, 6.07) is -0.0472. The molecule has 0 saturated carbocycles. The molecular formula is C31H44N2O9. The quantitative estimate of drug-likeness (QED) is 0.170. The molecule has 0 aromatic rings. The van der Waals surface area contributed by atoms with Crippen LogP contribution in [0.4, 0.5) is 0 Å². The number of carbonyl (C=O) groups is 4. The van der Waals surface area contributed by atoms with Gasteiger partial charge in [0, 0.05) is 19.3 Å². The molecule has 42 heavy (non-hydrogen) atoms. The Morgan fingerprint density at radius 1 is 1.17 bits per heavy atom. The first-order valence-corrected chi connectivity index (χ1v) is 14.9. The molecule has 4 heterocycles. The molecule has 11 nitrogen and oxygen atoms in total. The van der Waals surface area contributed by atoms with Crippen molar-refractivity contribution in [2.24, 2.45) is 11.8 Å². The van der Waals surface area contributed by atoms with Gasteiger partial charge in [0.15, 0.2) is 0 Å². The van der Waals surface area contributed by atoms with E-state index in [0.717, 1.165) is 12.0 Å². The molecule has 0 aliphatic carbocycles. The maximum absolute atomic E-state index is 12.4. The van der Waals surface area contributed by atoms with Gasteiger partial charge in [-0.05, 0) is 44.6 Å². The summed E-state index contributed by atoms with van der Waals surface area (Å²) in [5.41, 5.74) is 0.175. The molecule has 0 aromatic carbocycles. The highest BCUT2D eigenvalue weighted by atomic mass is 16.7. The van der Waals surface area contributed by atoms with Crippen molar-refractivity contribution in [3.63, 3.8) is 0 Å². The smallest absolute Gasteiger partial charge is 0.335 e. The van der Waals surface area contributed by atoms with Crippen LogP contribution in [-0.2, 0) is 38.2 Å². The Kier molecular flexibility index (Phi) is 10.4. The first kappa shape index (κ1) is 32.1. The van der Waals surface area contributed by atoms with E-state index in [1.54, 1.807) is 12.2 Å². The Labute approximate surface area is 247 Å². The van der Waals surface area contributed by atoms with Crippen LogP contribution in [-0.4, -0.2) is 82.6 Å². The van der Waals surface area contributed by atoms with Gasteiger partial charge in [0.05, 0.1) is 37.4 Å². The molecule has 4 rings (SSSR count). The fourth-order valence-corrected chi connectivity index (χ4v) is 5.63. The number of epoxide rings is 1. The van der Waals surface area contributed by atoms with E-state index in [2.05, 4.69) is 18.3 Å². The second kappa shape index (κ2) is 13.6. The second-order valence-corrected chi connectivity index (χ2v) is 12.3. The molecule has 0 aromatic heterocycles. The number of allylic oxidation sites excluding steroid dienone is 3. The van der Waals surface area contributed by atoms with Gasteiger partial charge in [0.2, 0.25) is 5.91 Å². The van der Waals surface area contributed by atoms with Crippen LogP contribution in [0.3, 0.4) is 0 Å². The molecule has 4 aliphatic heterocycles. The molecule has 8 atom stereocenters. The van der Waals surface area contributed by atoms with Gasteiger partial charge in [-0.25, -0.2) is 4.79 Å². The van der Waals surface area contributed by atoms with E-state index < -0.39 is 41.7 Å². The van der Waals surface area contributed by atoms with E-state index in [-0.39, 0.29) is 49.3 Å². The minimum atomic E-state index is -0.902. The molecule has 11 heteroatoms. The van der Waals surface area contributed by atoms with Crippen molar-refractivity contribution in [2.75, 3.05) is 6.61 Å². The molecule has 3 amide bonds. The van der Waals surface area contributed by atoms with Crippen LogP contribution in [0.2, 0.25) is 0 Å². The van der Waals surface area contributed by atoms with Gasteiger partial charge in [0.25, 0.3) is 11.8 Å². The van der Waals surface area contributed by atoms with Gasteiger partial charge >= 0.3 is 5.97 Å². The summed E-state index contributed by atoms with van der Waals surface area (Å²) < 4.78 is 17.9. The second-order valence-electron chi connectivity index (χ2n) is 12.3. The Bertz CT molecular complexity index is 1110. The van der Waals surface area contributed by atoms with Crippen molar-refractivity contribution >= 4 is 23.7 Å². The third-order valence-electron chi connectivity index (χ3n) is 8.28. The molecule has 2 N–H and O–H groups in total. The number of carbonyl (C=O) groups excluding carboxylic acids is 4. The van der Waals surface area contributed by atoms with Crippen LogP contribution in [0.15, 0.2) is 36.0 Å². The number of hydroxylamine groups is 2. The first-order chi connectivity index (χ1) is 19.9. The number of hydrogen-bond acceptors (Lipinski definition) is 9. The van der Waals surface area contributed by atoms with Crippen LogP contribution in [0, 0.1) is 11.8 Å².